The summed E-state index contributed by atoms with van der Waals surface area (Å²) in [6.07, 6.45) is 5.69. The third-order valence-electron chi connectivity index (χ3n) is 1.89. The van der Waals surface area contributed by atoms with E-state index in [1.165, 1.54) is 25.7 Å². The van der Waals surface area contributed by atoms with Crippen LogP contribution in [0.5, 0.6) is 0 Å². The molecule has 1 rings (SSSR count). The molecule has 1 saturated carbocycles. The van der Waals surface area contributed by atoms with Gasteiger partial charge in [0, 0.05) is 0 Å². The van der Waals surface area contributed by atoms with E-state index < -0.39 is 0 Å². The van der Waals surface area contributed by atoms with E-state index in [1.807, 2.05) is 7.05 Å². The van der Waals surface area contributed by atoms with Crippen molar-refractivity contribution < 1.29 is 0 Å². The molecule has 62 valence electrons. The van der Waals surface area contributed by atoms with E-state index in [2.05, 4.69) is 19.2 Å². The lowest BCUT2D eigenvalue weighted by Crippen LogP contribution is -2.04. The van der Waals surface area contributed by atoms with Crippen molar-refractivity contribution in [1.82, 2.24) is 5.32 Å². The standard InChI is InChI=1S/C5H10.C4H11N/c1-5-3-2-4-5;1-3-4-5-2/h5H,2-4H2,1H3;5H,3-4H2,1-2H3. The fourth-order valence-corrected chi connectivity index (χ4v) is 0.862. The highest BCUT2D eigenvalue weighted by atomic mass is 14.8. The lowest BCUT2D eigenvalue weighted by Gasteiger charge is -2.18. The summed E-state index contributed by atoms with van der Waals surface area (Å²) >= 11 is 0. The van der Waals surface area contributed by atoms with E-state index in [4.69, 9.17) is 0 Å². The molecular weight excluding hydrogens is 122 g/mol. The summed E-state index contributed by atoms with van der Waals surface area (Å²) in [5.74, 6) is 1.06. The lowest BCUT2D eigenvalue weighted by atomic mass is 9.88. The Bertz CT molecular complexity index is 55.7. The first-order chi connectivity index (χ1) is 4.81. The zero-order valence-electron chi connectivity index (χ0n) is 7.61. The van der Waals surface area contributed by atoms with Gasteiger partial charge in [-0.25, -0.2) is 0 Å². The van der Waals surface area contributed by atoms with Gasteiger partial charge in [-0.15, -0.1) is 0 Å². The Kier molecular flexibility index (Phi) is 7.04. The van der Waals surface area contributed by atoms with E-state index in [0.717, 1.165) is 12.5 Å². The first-order valence-corrected chi connectivity index (χ1v) is 4.45. The van der Waals surface area contributed by atoms with Crippen LogP contribution in [0.25, 0.3) is 0 Å². The van der Waals surface area contributed by atoms with Crippen molar-refractivity contribution in [2.75, 3.05) is 13.6 Å². The van der Waals surface area contributed by atoms with Crippen LogP contribution in [0, 0.1) is 5.92 Å². The number of rotatable bonds is 2. The van der Waals surface area contributed by atoms with Crippen LogP contribution >= 0.6 is 0 Å². The summed E-state index contributed by atoms with van der Waals surface area (Å²) in [6, 6.07) is 0. The molecule has 0 bridgehead atoms. The van der Waals surface area contributed by atoms with Gasteiger partial charge in [0.25, 0.3) is 0 Å². The third-order valence-corrected chi connectivity index (χ3v) is 1.89. The first-order valence-electron chi connectivity index (χ1n) is 4.45. The molecule has 0 heterocycles. The second-order valence-corrected chi connectivity index (χ2v) is 3.14. The predicted octanol–water partition coefficient (Wildman–Crippen LogP) is 2.42. The van der Waals surface area contributed by atoms with Crippen LogP contribution < -0.4 is 5.32 Å². The third kappa shape index (κ3) is 6.09. The largest absolute Gasteiger partial charge is 0.320 e. The molecule has 1 N–H and O–H groups in total. The lowest BCUT2D eigenvalue weighted by molar-refractivity contribution is 0.346. The first kappa shape index (κ1) is 9.96. The van der Waals surface area contributed by atoms with E-state index in [0.29, 0.717) is 0 Å². The minimum Gasteiger partial charge on any atom is -0.320 e. The summed E-state index contributed by atoms with van der Waals surface area (Å²) in [5.41, 5.74) is 0. The van der Waals surface area contributed by atoms with Gasteiger partial charge in [-0.1, -0.05) is 33.1 Å². The van der Waals surface area contributed by atoms with Gasteiger partial charge in [-0.2, -0.15) is 0 Å². The molecule has 0 unspecified atom stereocenters. The minimum absolute atomic E-state index is 1.06. The SMILES string of the molecule is CC1CCC1.CCCNC. The van der Waals surface area contributed by atoms with Crippen molar-refractivity contribution in [3.05, 3.63) is 0 Å². The molecule has 0 atom stereocenters. The Hall–Kier alpha value is -0.0400. The highest BCUT2D eigenvalue weighted by Gasteiger charge is 2.09. The molecule has 1 fully saturated rings. The fourth-order valence-electron chi connectivity index (χ4n) is 0.862. The van der Waals surface area contributed by atoms with Crippen molar-refractivity contribution in [2.45, 2.75) is 39.5 Å². The molecule has 1 heteroatoms. The summed E-state index contributed by atoms with van der Waals surface area (Å²) in [7, 11) is 1.96. The normalized spacial score (nSPS) is 17.1. The number of hydrogen-bond acceptors (Lipinski definition) is 1. The van der Waals surface area contributed by atoms with Gasteiger partial charge in [0.2, 0.25) is 0 Å². The molecule has 0 aromatic rings. The average molecular weight is 143 g/mol. The zero-order valence-corrected chi connectivity index (χ0v) is 7.61. The van der Waals surface area contributed by atoms with Crippen molar-refractivity contribution in [3.63, 3.8) is 0 Å². The molecule has 10 heavy (non-hydrogen) atoms. The Balaban J connectivity index is 0.000000162. The maximum atomic E-state index is 3.02. The molecule has 0 aromatic carbocycles. The Labute approximate surface area is 65.2 Å². The van der Waals surface area contributed by atoms with Gasteiger partial charge in [0.1, 0.15) is 0 Å². The van der Waals surface area contributed by atoms with Crippen molar-refractivity contribution in [3.8, 4) is 0 Å². The van der Waals surface area contributed by atoms with Crippen molar-refractivity contribution in [1.29, 1.82) is 0 Å². The monoisotopic (exact) mass is 143 g/mol. The Morgan fingerprint density at radius 2 is 1.90 bits per heavy atom. The van der Waals surface area contributed by atoms with Gasteiger partial charge in [-0.05, 0) is 25.9 Å². The predicted molar refractivity (Wildman–Crippen MR) is 47.2 cm³/mol. The molecule has 0 spiro atoms. The topological polar surface area (TPSA) is 12.0 Å². The maximum absolute atomic E-state index is 3.02. The molecule has 0 aliphatic heterocycles. The van der Waals surface area contributed by atoms with Crippen LogP contribution in [-0.2, 0) is 0 Å². The van der Waals surface area contributed by atoms with Gasteiger partial charge < -0.3 is 5.32 Å². The van der Waals surface area contributed by atoms with Gasteiger partial charge >= 0.3 is 0 Å². The Morgan fingerprint density at radius 1 is 1.40 bits per heavy atom. The quantitative estimate of drug-likeness (QED) is 0.626. The van der Waals surface area contributed by atoms with Gasteiger partial charge in [0.05, 0.1) is 0 Å². The zero-order chi connectivity index (χ0) is 7.82. The molecule has 1 nitrogen and oxygen atoms in total. The average Bonchev–Trinajstić information content (AvgIpc) is 1.87. The fraction of sp³-hybridized carbons (Fsp3) is 1.00. The Morgan fingerprint density at radius 3 is 1.90 bits per heavy atom. The minimum atomic E-state index is 1.06. The summed E-state index contributed by atoms with van der Waals surface area (Å²) in [5, 5.41) is 3.02. The number of hydrogen-bond donors (Lipinski definition) is 1. The van der Waals surface area contributed by atoms with E-state index in [-0.39, 0.29) is 0 Å². The second-order valence-electron chi connectivity index (χ2n) is 3.14. The summed E-state index contributed by atoms with van der Waals surface area (Å²) < 4.78 is 0. The summed E-state index contributed by atoms with van der Waals surface area (Å²) in [4.78, 5) is 0. The van der Waals surface area contributed by atoms with Crippen LogP contribution in [0.2, 0.25) is 0 Å². The van der Waals surface area contributed by atoms with Crippen LogP contribution in [0.15, 0.2) is 0 Å². The molecule has 0 aromatic heterocycles. The van der Waals surface area contributed by atoms with Crippen LogP contribution in [-0.4, -0.2) is 13.6 Å². The summed E-state index contributed by atoms with van der Waals surface area (Å²) in [6.45, 7) is 5.60. The molecule has 0 saturated heterocycles. The molecule has 1 aliphatic carbocycles. The highest BCUT2D eigenvalue weighted by molar-refractivity contribution is 4.62. The molecule has 0 radical (unpaired) electrons. The van der Waals surface area contributed by atoms with E-state index in [9.17, 15) is 0 Å². The van der Waals surface area contributed by atoms with Crippen molar-refractivity contribution in [2.24, 2.45) is 5.92 Å². The van der Waals surface area contributed by atoms with E-state index in [1.54, 1.807) is 0 Å². The number of nitrogens with one attached hydrogen (secondary N) is 1. The molecular formula is C9H21N. The van der Waals surface area contributed by atoms with Crippen LogP contribution in [0.3, 0.4) is 0 Å². The van der Waals surface area contributed by atoms with Gasteiger partial charge in [-0.3, -0.25) is 0 Å². The molecule has 1 aliphatic rings. The van der Waals surface area contributed by atoms with Crippen LogP contribution in [0.4, 0.5) is 0 Å². The smallest absolute Gasteiger partial charge is 0.00546 e. The molecule has 0 amide bonds. The van der Waals surface area contributed by atoms with Crippen molar-refractivity contribution >= 4 is 0 Å². The second kappa shape index (κ2) is 7.07. The maximum Gasteiger partial charge on any atom is -0.00546 e. The van der Waals surface area contributed by atoms with Gasteiger partial charge in [0.15, 0.2) is 0 Å². The highest BCUT2D eigenvalue weighted by Crippen LogP contribution is 2.24. The van der Waals surface area contributed by atoms with E-state index >= 15 is 0 Å². The van der Waals surface area contributed by atoms with Crippen LogP contribution in [0.1, 0.15) is 39.5 Å².